The maximum Gasteiger partial charge on any atom is 0.220 e. The highest BCUT2D eigenvalue weighted by Crippen LogP contribution is 2.29. The van der Waals surface area contributed by atoms with Crippen LogP contribution in [0, 0.1) is 23.7 Å². The second kappa shape index (κ2) is 7.88. The maximum atomic E-state index is 12.1. The molecule has 1 rings (SSSR count). The second-order valence-corrected chi connectivity index (χ2v) is 6.88. The first-order valence-corrected chi connectivity index (χ1v) is 7.93. The summed E-state index contributed by atoms with van der Waals surface area (Å²) in [6.07, 6.45) is 5.30. The molecule has 1 fully saturated rings. The molecule has 112 valence electrons. The van der Waals surface area contributed by atoms with E-state index in [1.807, 2.05) is 0 Å². The van der Waals surface area contributed by atoms with E-state index in [0.29, 0.717) is 36.8 Å². The summed E-state index contributed by atoms with van der Waals surface area (Å²) in [5.41, 5.74) is 5.77. The molecule has 19 heavy (non-hydrogen) atoms. The molecule has 3 N–H and O–H groups in total. The van der Waals surface area contributed by atoms with Crippen molar-refractivity contribution in [1.82, 2.24) is 5.32 Å². The van der Waals surface area contributed by atoms with Gasteiger partial charge in [0, 0.05) is 12.5 Å². The van der Waals surface area contributed by atoms with E-state index >= 15 is 0 Å². The number of nitrogens with one attached hydrogen (secondary N) is 1. The van der Waals surface area contributed by atoms with E-state index in [1.165, 1.54) is 12.8 Å². The van der Waals surface area contributed by atoms with E-state index in [9.17, 15) is 4.79 Å². The van der Waals surface area contributed by atoms with Gasteiger partial charge in [-0.25, -0.2) is 0 Å². The van der Waals surface area contributed by atoms with E-state index in [4.69, 9.17) is 5.73 Å². The van der Waals surface area contributed by atoms with E-state index in [0.717, 1.165) is 18.8 Å². The molecule has 0 aromatic heterocycles. The highest BCUT2D eigenvalue weighted by atomic mass is 16.1. The third kappa shape index (κ3) is 5.52. The van der Waals surface area contributed by atoms with Crippen LogP contribution in [0.2, 0.25) is 0 Å². The summed E-state index contributed by atoms with van der Waals surface area (Å²) >= 11 is 0. The Kier molecular flexibility index (Phi) is 6.84. The maximum absolute atomic E-state index is 12.1. The van der Waals surface area contributed by atoms with Crippen molar-refractivity contribution in [2.45, 2.75) is 65.8 Å². The zero-order chi connectivity index (χ0) is 14.4. The van der Waals surface area contributed by atoms with Gasteiger partial charge in [-0.3, -0.25) is 4.79 Å². The Hall–Kier alpha value is -0.570. The summed E-state index contributed by atoms with van der Waals surface area (Å²) in [4.78, 5) is 12.1. The molecular weight excluding hydrogens is 236 g/mol. The quantitative estimate of drug-likeness (QED) is 0.778. The van der Waals surface area contributed by atoms with Gasteiger partial charge in [-0.05, 0) is 43.1 Å². The van der Waals surface area contributed by atoms with Crippen molar-refractivity contribution in [1.29, 1.82) is 0 Å². The van der Waals surface area contributed by atoms with Crippen LogP contribution in [0.1, 0.15) is 59.8 Å². The zero-order valence-electron chi connectivity index (χ0n) is 13.1. The van der Waals surface area contributed by atoms with Crippen LogP contribution in [-0.2, 0) is 4.79 Å². The van der Waals surface area contributed by atoms with Crippen LogP contribution in [0.3, 0.4) is 0 Å². The average Bonchev–Trinajstić information content (AvgIpc) is 2.33. The number of rotatable bonds is 6. The van der Waals surface area contributed by atoms with E-state index in [-0.39, 0.29) is 5.91 Å². The lowest BCUT2D eigenvalue weighted by Gasteiger charge is -2.35. The minimum atomic E-state index is 0.196. The van der Waals surface area contributed by atoms with Gasteiger partial charge in [-0.1, -0.05) is 40.5 Å². The number of nitrogens with two attached hydrogens (primary N) is 1. The number of hydrogen-bond donors (Lipinski definition) is 2. The van der Waals surface area contributed by atoms with Crippen LogP contribution in [0.5, 0.6) is 0 Å². The molecular formula is C16H32N2O. The molecule has 0 aromatic carbocycles. The second-order valence-electron chi connectivity index (χ2n) is 6.88. The van der Waals surface area contributed by atoms with Crippen LogP contribution in [0.15, 0.2) is 0 Å². The molecule has 4 unspecified atom stereocenters. The molecule has 0 radical (unpaired) electrons. The molecule has 1 amide bonds. The molecule has 1 aliphatic carbocycles. The van der Waals surface area contributed by atoms with Crippen LogP contribution in [0.4, 0.5) is 0 Å². The largest absolute Gasteiger partial charge is 0.353 e. The third-order valence-corrected chi connectivity index (χ3v) is 4.67. The smallest absolute Gasteiger partial charge is 0.220 e. The van der Waals surface area contributed by atoms with Gasteiger partial charge in [-0.15, -0.1) is 0 Å². The highest BCUT2D eigenvalue weighted by Gasteiger charge is 2.28. The Morgan fingerprint density at radius 3 is 2.58 bits per heavy atom. The van der Waals surface area contributed by atoms with Crippen molar-refractivity contribution in [2.75, 3.05) is 6.54 Å². The Bertz CT molecular complexity index is 278. The van der Waals surface area contributed by atoms with Crippen molar-refractivity contribution < 1.29 is 4.79 Å². The van der Waals surface area contributed by atoms with Gasteiger partial charge in [-0.2, -0.15) is 0 Å². The molecule has 0 spiro atoms. The molecule has 4 atom stereocenters. The summed E-state index contributed by atoms with van der Waals surface area (Å²) in [6, 6.07) is 0.369. The minimum absolute atomic E-state index is 0.196. The van der Waals surface area contributed by atoms with E-state index in [1.54, 1.807) is 0 Å². The summed E-state index contributed by atoms with van der Waals surface area (Å²) < 4.78 is 0. The third-order valence-electron chi connectivity index (χ3n) is 4.67. The summed E-state index contributed by atoms with van der Waals surface area (Å²) in [7, 11) is 0. The number of carbonyl (C=O) groups excluding carboxylic acids is 1. The molecule has 0 aromatic rings. The van der Waals surface area contributed by atoms with Crippen molar-refractivity contribution in [3.8, 4) is 0 Å². The number of carbonyl (C=O) groups is 1. The lowest BCUT2D eigenvalue weighted by molar-refractivity contribution is -0.123. The van der Waals surface area contributed by atoms with Crippen molar-refractivity contribution >= 4 is 5.91 Å². The molecule has 1 saturated carbocycles. The predicted molar refractivity (Wildman–Crippen MR) is 80.7 cm³/mol. The Balaban J connectivity index is 2.41. The summed E-state index contributed by atoms with van der Waals surface area (Å²) in [5.74, 6) is 2.45. The lowest BCUT2D eigenvalue weighted by atomic mass is 9.78. The van der Waals surface area contributed by atoms with Crippen LogP contribution < -0.4 is 11.1 Å². The fourth-order valence-electron chi connectivity index (χ4n) is 3.24. The van der Waals surface area contributed by atoms with Gasteiger partial charge in [0.15, 0.2) is 0 Å². The fourth-order valence-corrected chi connectivity index (χ4v) is 3.24. The van der Waals surface area contributed by atoms with Crippen molar-refractivity contribution in [2.24, 2.45) is 29.4 Å². The molecule has 0 bridgehead atoms. The van der Waals surface area contributed by atoms with E-state index < -0.39 is 0 Å². The van der Waals surface area contributed by atoms with E-state index in [2.05, 4.69) is 33.0 Å². The molecule has 0 saturated heterocycles. The number of hydrogen-bond acceptors (Lipinski definition) is 2. The van der Waals surface area contributed by atoms with Gasteiger partial charge in [0.2, 0.25) is 5.91 Å². The van der Waals surface area contributed by atoms with Gasteiger partial charge >= 0.3 is 0 Å². The van der Waals surface area contributed by atoms with Crippen molar-refractivity contribution in [3.63, 3.8) is 0 Å². The predicted octanol–water partition coefficient (Wildman–Crippen LogP) is 2.94. The molecule has 0 heterocycles. The normalized spacial score (nSPS) is 29.3. The molecule has 0 aliphatic heterocycles. The van der Waals surface area contributed by atoms with Gasteiger partial charge < -0.3 is 11.1 Å². The lowest BCUT2D eigenvalue weighted by Crippen LogP contribution is -2.44. The first-order chi connectivity index (χ1) is 8.93. The Morgan fingerprint density at radius 2 is 2.00 bits per heavy atom. The summed E-state index contributed by atoms with van der Waals surface area (Å²) in [5, 5.41) is 3.24. The Labute approximate surface area is 118 Å². The SMILES string of the molecule is CC(C)CC(CN)CC(=O)NC1CCCC(C)C1C. The number of amides is 1. The average molecular weight is 268 g/mol. The topological polar surface area (TPSA) is 55.1 Å². The first-order valence-electron chi connectivity index (χ1n) is 7.93. The van der Waals surface area contributed by atoms with Crippen molar-refractivity contribution in [3.05, 3.63) is 0 Å². The minimum Gasteiger partial charge on any atom is -0.353 e. The fraction of sp³-hybridized carbons (Fsp3) is 0.938. The van der Waals surface area contributed by atoms with Gasteiger partial charge in [0.25, 0.3) is 0 Å². The van der Waals surface area contributed by atoms with Crippen LogP contribution >= 0.6 is 0 Å². The summed E-state index contributed by atoms with van der Waals surface area (Å²) in [6.45, 7) is 9.55. The first kappa shape index (κ1) is 16.5. The monoisotopic (exact) mass is 268 g/mol. The van der Waals surface area contributed by atoms with Gasteiger partial charge in [0.05, 0.1) is 0 Å². The van der Waals surface area contributed by atoms with Crippen LogP contribution in [-0.4, -0.2) is 18.5 Å². The Morgan fingerprint density at radius 1 is 1.32 bits per heavy atom. The van der Waals surface area contributed by atoms with Gasteiger partial charge in [0.1, 0.15) is 0 Å². The molecule has 3 nitrogen and oxygen atoms in total. The zero-order valence-corrected chi connectivity index (χ0v) is 13.1. The molecule has 1 aliphatic rings. The highest BCUT2D eigenvalue weighted by molar-refractivity contribution is 5.76. The molecule has 3 heteroatoms. The standard InChI is InChI=1S/C16H32N2O/c1-11(2)8-14(10-17)9-16(19)18-15-7-5-6-12(3)13(15)4/h11-15H,5-10,17H2,1-4H3,(H,18,19). The van der Waals surface area contributed by atoms with Crippen LogP contribution in [0.25, 0.3) is 0 Å².